The predicted octanol–water partition coefficient (Wildman–Crippen LogP) is 1.63. The first-order chi connectivity index (χ1) is 9.79. The molecule has 114 valence electrons. The van der Waals surface area contributed by atoms with E-state index < -0.39 is 30.4 Å². The molecular weight excluding hydrogens is 300 g/mol. The first-order valence-electron chi connectivity index (χ1n) is 6.06. The van der Waals surface area contributed by atoms with Crippen LogP contribution in [0.25, 0.3) is 0 Å². The van der Waals surface area contributed by atoms with Crippen LogP contribution < -0.4 is 10.6 Å². The van der Waals surface area contributed by atoms with Gasteiger partial charge in [-0.25, -0.2) is 9.59 Å². The van der Waals surface area contributed by atoms with Gasteiger partial charge in [-0.05, 0) is 24.6 Å². The standard InChI is InChI=1S/C13H15ClN2O5/c1-7(8-2-4-9(14)5-3-8)15-13(21)16-10(12(19)20)6-11(17)18/h2-5,7,10H,6H2,1H3,(H,17,18)(H,19,20)(H2,15,16,21). The van der Waals surface area contributed by atoms with Gasteiger partial charge in [-0.1, -0.05) is 23.7 Å². The number of hydrogen-bond acceptors (Lipinski definition) is 3. The van der Waals surface area contributed by atoms with E-state index in [4.69, 9.17) is 21.8 Å². The molecule has 0 fully saturated rings. The van der Waals surface area contributed by atoms with Crippen molar-refractivity contribution in [2.45, 2.75) is 25.4 Å². The monoisotopic (exact) mass is 314 g/mol. The number of aliphatic carboxylic acids is 2. The molecule has 0 aliphatic carbocycles. The SMILES string of the molecule is CC(NC(=O)NC(CC(=O)O)C(=O)O)c1ccc(Cl)cc1. The van der Waals surface area contributed by atoms with Crippen molar-refractivity contribution in [1.82, 2.24) is 10.6 Å². The number of carboxylic acids is 2. The van der Waals surface area contributed by atoms with E-state index in [1.807, 2.05) is 0 Å². The third kappa shape index (κ3) is 5.70. The van der Waals surface area contributed by atoms with Gasteiger partial charge in [0.25, 0.3) is 0 Å². The van der Waals surface area contributed by atoms with Crippen molar-refractivity contribution in [2.75, 3.05) is 0 Å². The van der Waals surface area contributed by atoms with Crippen molar-refractivity contribution in [3.05, 3.63) is 34.9 Å². The number of carbonyl (C=O) groups is 3. The Kier molecular flexibility index (Phi) is 5.98. The highest BCUT2D eigenvalue weighted by Gasteiger charge is 2.23. The Balaban J connectivity index is 2.61. The minimum Gasteiger partial charge on any atom is -0.481 e. The van der Waals surface area contributed by atoms with Crippen molar-refractivity contribution >= 4 is 29.6 Å². The summed E-state index contributed by atoms with van der Waals surface area (Å²) >= 11 is 5.75. The van der Waals surface area contributed by atoms with Gasteiger partial charge >= 0.3 is 18.0 Å². The highest BCUT2D eigenvalue weighted by molar-refractivity contribution is 6.30. The third-order valence-electron chi connectivity index (χ3n) is 2.70. The number of urea groups is 1. The van der Waals surface area contributed by atoms with Gasteiger partial charge in [-0.15, -0.1) is 0 Å². The van der Waals surface area contributed by atoms with Crippen LogP contribution in [0.4, 0.5) is 4.79 Å². The molecule has 0 aliphatic rings. The summed E-state index contributed by atoms with van der Waals surface area (Å²) in [6.45, 7) is 1.70. The Hall–Kier alpha value is -2.28. The van der Waals surface area contributed by atoms with Crippen molar-refractivity contribution in [2.24, 2.45) is 0 Å². The number of carboxylic acid groups (broad SMARTS) is 2. The highest BCUT2D eigenvalue weighted by atomic mass is 35.5. The van der Waals surface area contributed by atoms with Gasteiger partial charge < -0.3 is 20.8 Å². The maximum absolute atomic E-state index is 11.7. The molecular formula is C13H15ClN2O5. The Morgan fingerprint density at radius 3 is 2.19 bits per heavy atom. The molecule has 8 heteroatoms. The first kappa shape index (κ1) is 16.8. The molecule has 21 heavy (non-hydrogen) atoms. The van der Waals surface area contributed by atoms with Gasteiger partial charge in [-0.3, -0.25) is 4.79 Å². The van der Waals surface area contributed by atoms with Crippen LogP contribution in [0.5, 0.6) is 0 Å². The molecule has 0 bridgehead atoms. The summed E-state index contributed by atoms with van der Waals surface area (Å²) in [5.74, 6) is -2.72. The second kappa shape index (κ2) is 7.49. The second-order valence-corrected chi connectivity index (χ2v) is 4.82. The highest BCUT2D eigenvalue weighted by Crippen LogP contribution is 2.15. The van der Waals surface area contributed by atoms with Crippen LogP contribution in [0.1, 0.15) is 24.9 Å². The maximum atomic E-state index is 11.7. The molecule has 2 atom stereocenters. The molecule has 1 rings (SSSR count). The summed E-state index contributed by atoms with van der Waals surface area (Å²) in [5, 5.41) is 22.6. The van der Waals surface area contributed by atoms with Gasteiger partial charge in [0, 0.05) is 5.02 Å². The fourth-order valence-electron chi connectivity index (χ4n) is 1.61. The molecule has 0 spiro atoms. The van der Waals surface area contributed by atoms with Crippen molar-refractivity contribution in [1.29, 1.82) is 0 Å². The lowest BCUT2D eigenvalue weighted by Gasteiger charge is -2.17. The number of halogens is 1. The smallest absolute Gasteiger partial charge is 0.326 e. The minimum atomic E-state index is -1.49. The molecule has 4 N–H and O–H groups in total. The van der Waals surface area contributed by atoms with Crippen molar-refractivity contribution < 1.29 is 24.6 Å². The first-order valence-corrected chi connectivity index (χ1v) is 6.44. The summed E-state index contributed by atoms with van der Waals surface area (Å²) in [4.78, 5) is 33.1. The molecule has 2 amide bonds. The molecule has 0 saturated carbocycles. The number of hydrogen-bond donors (Lipinski definition) is 4. The van der Waals surface area contributed by atoms with E-state index in [0.29, 0.717) is 5.02 Å². The van der Waals surface area contributed by atoms with E-state index in [0.717, 1.165) is 5.56 Å². The Labute approximate surface area is 125 Å². The minimum absolute atomic E-state index is 0.387. The van der Waals surface area contributed by atoms with Crippen LogP contribution in [-0.2, 0) is 9.59 Å². The van der Waals surface area contributed by atoms with Crippen LogP contribution in [0.3, 0.4) is 0 Å². The molecule has 0 heterocycles. The van der Waals surface area contributed by atoms with Crippen molar-refractivity contribution in [3.63, 3.8) is 0 Å². The van der Waals surface area contributed by atoms with Crippen LogP contribution in [0.15, 0.2) is 24.3 Å². The Morgan fingerprint density at radius 2 is 1.71 bits per heavy atom. The number of amides is 2. The zero-order valence-electron chi connectivity index (χ0n) is 11.2. The number of benzene rings is 1. The van der Waals surface area contributed by atoms with E-state index in [9.17, 15) is 14.4 Å². The Morgan fingerprint density at radius 1 is 1.14 bits per heavy atom. The average molecular weight is 315 g/mol. The van der Waals surface area contributed by atoms with Gasteiger partial charge in [0.05, 0.1) is 12.5 Å². The van der Waals surface area contributed by atoms with E-state index >= 15 is 0 Å². The second-order valence-electron chi connectivity index (χ2n) is 4.38. The summed E-state index contributed by atoms with van der Waals surface area (Å²) < 4.78 is 0. The van der Waals surface area contributed by atoms with Crippen LogP contribution in [0.2, 0.25) is 5.02 Å². The van der Waals surface area contributed by atoms with Gasteiger partial charge in [0.2, 0.25) is 0 Å². The lowest BCUT2D eigenvalue weighted by atomic mass is 10.1. The molecule has 2 unspecified atom stereocenters. The molecule has 1 aromatic rings. The van der Waals surface area contributed by atoms with Gasteiger partial charge in [-0.2, -0.15) is 0 Å². The molecule has 0 saturated heterocycles. The fraction of sp³-hybridized carbons (Fsp3) is 0.308. The maximum Gasteiger partial charge on any atom is 0.326 e. The Bertz CT molecular complexity index is 532. The average Bonchev–Trinajstić information content (AvgIpc) is 2.37. The normalized spacial score (nSPS) is 13.0. The largest absolute Gasteiger partial charge is 0.481 e. The summed E-state index contributed by atoms with van der Waals surface area (Å²) in [6, 6.07) is 4.14. The van der Waals surface area contributed by atoms with Crippen LogP contribution in [-0.4, -0.2) is 34.2 Å². The molecule has 0 aromatic heterocycles. The van der Waals surface area contributed by atoms with Gasteiger partial charge in [0.15, 0.2) is 0 Å². The quantitative estimate of drug-likeness (QED) is 0.637. The van der Waals surface area contributed by atoms with Crippen LogP contribution in [0, 0.1) is 0 Å². The summed E-state index contributed by atoms with van der Waals surface area (Å²) in [5.41, 5.74) is 0.777. The molecule has 1 aromatic carbocycles. The van der Waals surface area contributed by atoms with E-state index in [1.165, 1.54) is 0 Å². The lowest BCUT2D eigenvalue weighted by Crippen LogP contribution is -2.47. The summed E-state index contributed by atoms with van der Waals surface area (Å²) in [6.07, 6.45) is -0.696. The number of nitrogens with one attached hydrogen (secondary N) is 2. The van der Waals surface area contributed by atoms with E-state index in [2.05, 4.69) is 10.6 Å². The van der Waals surface area contributed by atoms with E-state index in [1.54, 1.807) is 31.2 Å². The van der Waals surface area contributed by atoms with Gasteiger partial charge in [0.1, 0.15) is 6.04 Å². The molecule has 7 nitrogen and oxygen atoms in total. The molecule has 0 aliphatic heterocycles. The topological polar surface area (TPSA) is 116 Å². The fourth-order valence-corrected chi connectivity index (χ4v) is 1.73. The van der Waals surface area contributed by atoms with E-state index in [-0.39, 0.29) is 6.04 Å². The third-order valence-corrected chi connectivity index (χ3v) is 2.95. The lowest BCUT2D eigenvalue weighted by molar-refractivity contribution is -0.145. The molecule has 0 radical (unpaired) electrons. The van der Waals surface area contributed by atoms with Crippen molar-refractivity contribution in [3.8, 4) is 0 Å². The van der Waals surface area contributed by atoms with Crippen LogP contribution >= 0.6 is 11.6 Å². The number of rotatable bonds is 6. The zero-order valence-corrected chi connectivity index (χ0v) is 11.9. The predicted molar refractivity (Wildman–Crippen MR) is 75.2 cm³/mol. The number of carbonyl (C=O) groups excluding carboxylic acids is 1. The summed E-state index contributed by atoms with van der Waals surface area (Å²) in [7, 11) is 0. The zero-order chi connectivity index (χ0) is 16.0.